The van der Waals surface area contributed by atoms with Crippen molar-refractivity contribution in [3.8, 4) is 11.5 Å². The highest BCUT2D eigenvalue weighted by molar-refractivity contribution is 9.10. The number of nitrogens with zero attached hydrogens (tertiary/aromatic N) is 1. The fourth-order valence-corrected chi connectivity index (χ4v) is 4.55. The van der Waals surface area contributed by atoms with Crippen LogP contribution in [0.4, 0.5) is 11.4 Å². The summed E-state index contributed by atoms with van der Waals surface area (Å²) >= 11 is 9.83. The highest BCUT2D eigenvalue weighted by atomic mass is 79.9. The SMILES string of the molecule is CCOc1cc(/C=C/C(=O)Nc2ccc(N3CCOCC3)cc2)cc(Br)c1OCc1ccccc1Cl. The molecule has 0 atom stereocenters. The Morgan fingerprint density at radius 1 is 1.11 bits per heavy atom. The molecular weight excluding hydrogens is 544 g/mol. The fourth-order valence-electron chi connectivity index (χ4n) is 3.79. The molecule has 3 aromatic carbocycles. The summed E-state index contributed by atoms with van der Waals surface area (Å²) in [5.41, 5.74) is 3.54. The minimum Gasteiger partial charge on any atom is -0.490 e. The molecule has 3 aromatic rings. The predicted molar refractivity (Wildman–Crippen MR) is 148 cm³/mol. The van der Waals surface area contributed by atoms with E-state index in [0.717, 1.165) is 53.3 Å². The van der Waals surface area contributed by atoms with Crippen molar-refractivity contribution >= 4 is 50.9 Å². The second-order valence-electron chi connectivity index (χ2n) is 8.11. The number of benzene rings is 3. The topological polar surface area (TPSA) is 60.0 Å². The number of nitrogens with one attached hydrogen (secondary N) is 1. The average Bonchev–Trinajstić information content (AvgIpc) is 2.89. The van der Waals surface area contributed by atoms with Gasteiger partial charge in [-0.15, -0.1) is 0 Å². The van der Waals surface area contributed by atoms with E-state index in [-0.39, 0.29) is 5.91 Å². The molecule has 1 amide bonds. The molecular formula is C28H28BrClN2O4. The third-order valence-electron chi connectivity index (χ3n) is 5.60. The van der Waals surface area contributed by atoms with Gasteiger partial charge < -0.3 is 24.4 Å². The maximum Gasteiger partial charge on any atom is 0.248 e. The van der Waals surface area contributed by atoms with E-state index in [0.29, 0.717) is 29.7 Å². The molecule has 0 saturated carbocycles. The molecule has 0 aliphatic carbocycles. The molecule has 4 rings (SSSR count). The number of amides is 1. The van der Waals surface area contributed by atoms with E-state index < -0.39 is 0 Å². The Morgan fingerprint density at radius 2 is 1.86 bits per heavy atom. The summed E-state index contributed by atoms with van der Waals surface area (Å²) in [7, 11) is 0. The first-order valence-corrected chi connectivity index (χ1v) is 12.9. The third kappa shape index (κ3) is 7.03. The normalized spacial score (nSPS) is 13.6. The van der Waals surface area contributed by atoms with Gasteiger partial charge in [0.15, 0.2) is 11.5 Å². The summed E-state index contributed by atoms with van der Waals surface area (Å²) in [5.74, 6) is 0.943. The van der Waals surface area contributed by atoms with Crippen molar-refractivity contribution in [3.05, 3.63) is 87.4 Å². The minimum absolute atomic E-state index is 0.220. The third-order valence-corrected chi connectivity index (χ3v) is 6.56. The van der Waals surface area contributed by atoms with Gasteiger partial charge in [-0.1, -0.05) is 29.8 Å². The quantitative estimate of drug-likeness (QED) is 0.295. The lowest BCUT2D eigenvalue weighted by atomic mass is 10.1. The van der Waals surface area contributed by atoms with E-state index in [9.17, 15) is 4.79 Å². The number of carbonyl (C=O) groups is 1. The molecule has 1 saturated heterocycles. The lowest BCUT2D eigenvalue weighted by Gasteiger charge is -2.28. The molecule has 6 nitrogen and oxygen atoms in total. The summed E-state index contributed by atoms with van der Waals surface area (Å²) in [6.45, 7) is 5.90. The van der Waals surface area contributed by atoms with E-state index in [1.807, 2.05) is 67.6 Å². The first-order chi connectivity index (χ1) is 17.5. The average molecular weight is 572 g/mol. The highest BCUT2D eigenvalue weighted by Crippen LogP contribution is 2.38. The van der Waals surface area contributed by atoms with Gasteiger partial charge >= 0.3 is 0 Å². The Labute approximate surface area is 224 Å². The number of rotatable bonds is 9. The van der Waals surface area contributed by atoms with Crippen molar-refractivity contribution in [2.75, 3.05) is 43.1 Å². The molecule has 1 heterocycles. The van der Waals surface area contributed by atoms with Gasteiger partial charge in [0.05, 0.1) is 24.3 Å². The summed E-state index contributed by atoms with van der Waals surface area (Å²) in [6.07, 6.45) is 3.24. The van der Waals surface area contributed by atoms with Crippen molar-refractivity contribution in [2.45, 2.75) is 13.5 Å². The molecule has 1 aliphatic rings. The molecule has 36 heavy (non-hydrogen) atoms. The van der Waals surface area contributed by atoms with Crippen LogP contribution in [0.1, 0.15) is 18.1 Å². The Morgan fingerprint density at radius 3 is 2.58 bits per heavy atom. The van der Waals surface area contributed by atoms with Crippen LogP contribution >= 0.6 is 27.5 Å². The number of hydrogen-bond acceptors (Lipinski definition) is 5. The Kier molecular flexibility index (Phi) is 9.28. The van der Waals surface area contributed by atoms with E-state index in [1.54, 1.807) is 6.08 Å². The van der Waals surface area contributed by atoms with E-state index in [2.05, 4.69) is 26.1 Å². The van der Waals surface area contributed by atoms with Crippen LogP contribution in [0.15, 0.2) is 71.2 Å². The second kappa shape index (κ2) is 12.8. The van der Waals surface area contributed by atoms with Crippen molar-refractivity contribution < 1.29 is 19.0 Å². The Balaban J connectivity index is 1.40. The van der Waals surface area contributed by atoms with Crippen molar-refractivity contribution in [1.82, 2.24) is 0 Å². The highest BCUT2D eigenvalue weighted by Gasteiger charge is 2.14. The van der Waals surface area contributed by atoms with E-state index in [1.165, 1.54) is 6.08 Å². The van der Waals surface area contributed by atoms with Gasteiger partial charge in [0.1, 0.15) is 6.61 Å². The van der Waals surface area contributed by atoms with Gasteiger partial charge in [-0.2, -0.15) is 0 Å². The molecule has 1 fully saturated rings. The van der Waals surface area contributed by atoms with Crippen LogP contribution in [0.5, 0.6) is 11.5 Å². The standard InChI is InChI=1S/C28H28BrClN2O4/c1-2-35-26-18-20(17-24(29)28(26)36-19-21-5-3-4-6-25(21)30)7-12-27(33)31-22-8-10-23(11-9-22)32-13-15-34-16-14-32/h3-12,17-18H,2,13-16,19H2,1H3,(H,31,33)/b12-7+. The number of halogens is 2. The molecule has 1 aliphatic heterocycles. The predicted octanol–water partition coefficient (Wildman–Crippen LogP) is 6.57. The van der Waals surface area contributed by atoms with Gasteiger partial charge in [0.25, 0.3) is 0 Å². The van der Waals surface area contributed by atoms with Crippen LogP contribution < -0.4 is 19.7 Å². The van der Waals surface area contributed by atoms with Crippen LogP contribution in [0.2, 0.25) is 5.02 Å². The summed E-state index contributed by atoms with van der Waals surface area (Å²) in [6, 6.07) is 19.1. The zero-order chi connectivity index (χ0) is 25.3. The number of carbonyl (C=O) groups excluding carboxylic acids is 1. The molecule has 0 bridgehead atoms. The molecule has 188 valence electrons. The summed E-state index contributed by atoms with van der Waals surface area (Å²) in [4.78, 5) is 14.8. The summed E-state index contributed by atoms with van der Waals surface area (Å²) in [5, 5.41) is 3.55. The fraction of sp³-hybridized carbons (Fsp3) is 0.250. The van der Waals surface area contributed by atoms with Crippen LogP contribution in [0.25, 0.3) is 6.08 Å². The molecule has 0 spiro atoms. The van der Waals surface area contributed by atoms with Crippen LogP contribution in [0, 0.1) is 0 Å². The first kappa shape index (κ1) is 26.1. The van der Waals surface area contributed by atoms with Gasteiger partial charge in [0.2, 0.25) is 5.91 Å². The van der Waals surface area contributed by atoms with Crippen molar-refractivity contribution in [1.29, 1.82) is 0 Å². The molecule has 1 N–H and O–H groups in total. The lowest BCUT2D eigenvalue weighted by molar-refractivity contribution is -0.111. The zero-order valence-electron chi connectivity index (χ0n) is 20.0. The zero-order valence-corrected chi connectivity index (χ0v) is 22.3. The largest absolute Gasteiger partial charge is 0.490 e. The number of morpholine rings is 1. The first-order valence-electron chi connectivity index (χ1n) is 11.8. The molecule has 0 aromatic heterocycles. The van der Waals surface area contributed by atoms with Gasteiger partial charge in [-0.25, -0.2) is 0 Å². The van der Waals surface area contributed by atoms with E-state index >= 15 is 0 Å². The maximum absolute atomic E-state index is 12.5. The van der Waals surface area contributed by atoms with Crippen molar-refractivity contribution in [3.63, 3.8) is 0 Å². The second-order valence-corrected chi connectivity index (χ2v) is 9.37. The molecule has 0 unspecified atom stereocenters. The molecule has 0 radical (unpaired) electrons. The minimum atomic E-state index is -0.220. The number of ether oxygens (including phenoxy) is 3. The number of anilines is 2. The molecule has 8 heteroatoms. The smallest absolute Gasteiger partial charge is 0.248 e. The summed E-state index contributed by atoms with van der Waals surface area (Å²) < 4.78 is 18.0. The number of hydrogen-bond donors (Lipinski definition) is 1. The van der Waals surface area contributed by atoms with Gasteiger partial charge in [-0.3, -0.25) is 4.79 Å². The van der Waals surface area contributed by atoms with Crippen LogP contribution in [0.3, 0.4) is 0 Å². The monoisotopic (exact) mass is 570 g/mol. The van der Waals surface area contributed by atoms with Gasteiger partial charge in [-0.05, 0) is 77.0 Å². The van der Waals surface area contributed by atoms with Gasteiger partial charge in [0, 0.05) is 41.1 Å². The maximum atomic E-state index is 12.5. The van der Waals surface area contributed by atoms with Crippen LogP contribution in [-0.2, 0) is 16.1 Å². The Hall–Kier alpha value is -3.00. The van der Waals surface area contributed by atoms with Crippen LogP contribution in [-0.4, -0.2) is 38.8 Å². The lowest BCUT2D eigenvalue weighted by Crippen LogP contribution is -2.36. The van der Waals surface area contributed by atoms with Crippen molar-refractivity contribution in [2.24, 2.45) is 0 Å². The van der Waals surface area contributed by atoms with E-state index in [4.69, 9.17) is 25.8 Å². The Bertz CT molecular complexity index is 1210.